The number of hydrogen-bond donors (Lipinski definition) is 1. The number of aliphatic hydroxyl groups is 1. The van der Waals surface area contributed by atoms with Gasteiger partial charge in [-0.2, -0.15) is 0 Å². The molecule has 38 heavy (non-hydrogen) atoms. The smallest absolute Gasteiger partial charge is 0.159 e. The van der Waals surface area contributed by atoms with Gasteiger partial charge >= 0.3 is 0 Å². The fourth-order valence-corrected chi connectivity index (χ4v) is 4.73. The van der Waals surface area contributed by atoms with Crippen LogP contribution in [0, 0.1) is 37.7 Å². The number of aryl methyl sites for hydroxylation is 2. The van der Waals surface area contributed by atoms with Gasteiger partial charge in [0.2, 0.25) is 0 Å². The van der Waals surface area contributed by atoms with Gasteiger partial charge in [0.15, 0.2) is 5.78 Å². The first-order valence-electron chi connectivity index (χ1n) is 13.4. The molecule has 1 aliphatic rings. The van der Waals surface area contributed by atoms with Crippen molar-refractivity contribution in [3.8, 4) is 17.0 Å². The number of aromatic nitrogens is 1. The van der Waals surface area contributed by atoms with Crippen molar-refractivity contribution in [2.24, 2.45) is 17.8 Å². The summed E-state index contributed by atoms with van der Waals surface area (Å²) in [6, 6.07) is 14.2. The molecule has 5 heteroatoms. The molecule has 1 radical (unpaired) electrons. The number of fused-ring (bicyclic) bond motifs is 4. The number of hydrogen-bond acceptors (Lipinski definition) is 4. The third-order valence-corrected chi connectivity index (χ3v) is 6.24. The summed E-state index contributed by atoms with van der Waals surface area (Å²) >= 11 is 0. The molecule has 0 saturated carbocycles. The van der Waals surface area contributed by atoms with Gasteiger partial charge in [-0.05, 0) is 41.9 Å². The monoisotopic (exact) mass is 693 g/mol. The van der Waals surface area contributed by atoms with Crippen molar-refractivity contribution in [1.82, 2.24) is 4.98 Å². The van der Waals surface area contributed by atoms with E-state index in [1.807, 2.05) is 27.7 Å². The maximum atomic E-state index is 11.2. The van der Waals surface area contributed by atoms with Gasteiger partial charge in [-0.1, -0.05) is 73.1 Å². The molecule has 2 heterocycles. The van der Waals surface area contributed by atoms with Crippen LogP contribution in [0.4, 0.5) is 0 Å². The Hall–Kier alpha value is -2.49. The molecule has 2 aromatic carbocycles. The first-order valence-corrected chi connectivity index (χ1v) is 13.4. The van der Waals surface area contributed by atoms with E-state index in [0.717, 1.165) is 34.5 Å². The molecule has 0 unspecified atom stereocenters. The van der Waals surface area contributed by atoms with Crippen LogP contribution in [0.1, 0.15) is 76.6 Å². The Labute approximate surface area is 242 Å². The average Bonchev–Trinajstić information content (AvgIpc) is 2.77. The van der Waals surface area contributed by atoms with Crippen molar-refractivity contribution in [3.63, 3.8) is 0 Å². The molecule has 0 spiro atoms. The summed E-state index contributed by atoms with van der Waals surface area (Å²) in [7, 11) is 0. The molecular formula is C33H42IrNO3-. The number of benzene rings is 2. The Balaban J connectivity index is 0.000000313. The molecule has 1 aromatic heterocycles. The molecule has 1 N–H and O–H groups in total. The van der Waals surface area contributed by atoms with Gasteiger partial charge in [-0.15, -0.1) is 28.8 Å². The summed E-state index contributed by atoms with van der Waals surface area (Å²) in [5.74, 6) is 2.48. The van der Waals surface area contributed by atoms with Crippen LogP contribution in [0.3, 0.4) is 0 Å². The van der Waals surface area contributed by atoms with Crippen molar-refractivity contribution < 1.29 is 34.7 Å². The van der Waals surface area contributed by atoms with E-state index in [0.29, 0.717) is 37.2 Å². The van der Waals surface area contributed by atoms with Gasteiger partial charge in [0.05, 0.1) is 17.9 Å². The summed E-state index contributed by atoms with van der Waals surface area (Å²) in [6.07, 6.45) is 3.52. The molecule has 4 rings (SSSR count). The van der Waals surface area contributed by atoms with Crippen LogP contribution in [0.5, 0.6) is 5.75 Å². The topological polar surface area (TPSA) is 59.4 Å². The quantitative estimate of drug-likeness (QED) is 0.153. The number of pyridine rings is 1. The van der Waals surface area contributed by atoms with Gasteiger partial charge in [0.25, 0.3) is 0 Å². The van der Waals surface area contributed by atoms with Crippen LogP contribution in [-0.4, -0.2) is 15.9 Å². The first kappa shape index (κ1) is 31.7. The summed E-state index contributed by atoms with van der Waals surface area (Å²) in [6.45, 7) is 17.3. The average molecular weight is 693 g/mol. The number of carbonyl (C=O) groups is 1. The van der Waals surface area contributed by atoms with Crippen LogP contribution < -0.4 is 4.74 Å². The van der Waals surface area contributed by atoms with E-state index in [9.17, 15) is 9.90 Å². The number of carbonyl (C=O) groups excluding carboxylic acids is 1. The zero-order valence-electron chi connectivity index (χ0n) is 24.1. The van der Waals surface area contributed by atoms with E-state index in [1.54, 1.807) is 0 Å². The standard InChI is InChI=1S/C22H22NO.C11H20O2.Ir/c1-13(2)8-16-6-5-7-20-17(16)11-21-22(23-20)18-10-14(3)9-15(4)19(18)12-24-21;1-8(2)5-10(12)7-11(13)6-9(3)4;/h5-7,9,11,13H,8,12H2,1-4H3;7-9,12H,5-6H2,1-4H3;/q-1;;/b;10-7-;. The van der Waals surface area contributed by atoms with Crippen molar-refractivity contribution in [2.75, 3.05) is 0 Å². The Kier molecular flexibility index (Phi) is 11.7. The van der Waals surface area contributed by atoms with E-state index < -0.39 is 0 Å². The molecular weight excluding hydrogens is 651 g/mol. The van der Waals surface area contributed by atoms with Gasteiger partial charge in [0.1, 0.15) is 5.75 Å². The first-order chi connectivity index (χ1) is 17.4. The molecule has 0 fully saturated rings. The molecule has 0 saturated heterocycles. The molecule has 0 atom stereocenters. The second-order valence-corrected chi connectivity index (χ2v) is 11.5. The molecule has 0 amide bonds. The van der Waals surface area contributed by atoms with Gasteiger partial charge in [0, 0.05) is 50.1 Å². The van der Waals surface area contributed by atoms with Crippen molar-refractivity contribution >= 4 is 16.7 Å². The normalized spacial score (nSPS) is 12.4. The summed E-state index contributed by atoms with van der Waals surface area (Å²) < 4.78 is 6.06. The number of allylic oxidation sites excluding steroid dienone is 2. The van der Waals surface area contributed by atoms with Gasteiger partial charge < -0.3 is 9.84 Å². The van der Waals surface area contributed by atoms with E-state index in [4.69, 9.17) is 9.72 Å². The van der Waals surface area contributed by atoms with Gasteiger partial charge in [-0.25, -0.2) is 0 Å². The number of aliphatic hydroxyl groups excluding tert-OH is 1. The molecule has 0 bridgehead atoms. The molecule has 207 valence electrons. The number of ether oxygens (including phenoxy) is 1. The van der Waals surface area contributed by atoms with Crippen molar-refractivity contribution in [3.05, 3.63) is 70.5 Å². The largest absolute Gasteiger partial charge is 0.512 e. The summed E-state index contributed by atoms with van der Waals surface area (Å²) in [5.41, 5.74) is 8.02. The van der Waals surface area contributed by atoms with Crippen LogP contribution in [0.2, 0.25) is 0 Å². The second kappa shape index (κ2) is 14.1. The second-order valence-electron chi connectivity index (χ2n) is 11.5. The zero-order valence-corrected chi connectivity index (χ0v) is 26.5. The summed E-state index contributed by atoms with van der Waals surface area (Å²) in [4.78, 5) is 16.2. The number of ketones is 1. The van der Waals surface area contributed by atoms with Crippen molar-refractivity contribution in [1.29, 1.82) is 0 Å². The number of nitrogens with zero attached hydrogens (tertiary/aromatic N) is 1. The Bertz CT molecular complexity index is 1290. The van der Waals surface area contributed by atoms with E-state index in [-0.39, 0.29) is 31.6 Å². The Morgan fingerprint density at radius 2 is 1.74 bits per heavy atom. The maximum absolute atomic E-state index is 11.2. The summed E-state index contributed by atoms with van der Waals surface area (Å²) in [5, 5.41) is 10.5. The predicted octanol–water partition coefficient (Wildman–Crippen LogP) is 8.50. The molecule has 0 aliphatic carbocycles. The Morgan fingerprint density at radius 1 is 1.05 bits per heavy atom. The predicted molar refractivity (Wildman–Crippen MR) is 153 cm³/mol. The Morgan fingerprint density at radius 3 is 2.37 bits per heavy atom. The van der Waals surface area contributed by atoms with Crippen molar-refractivity contribution in [2.45, 2.75) is 81.3 Å². The van der Waals surface area contributed by atoms with Crippen LogP contribution >= 0.6 is 0 Å². The third-order valence-electron chi connectivity index (χ3n) is 6.24. The van der Waals surface area contributed by atoms with Gasteiger partial charge in [-0.3, -0.25) is 9.78 Å². The fraction of sp³-hybridized carbons (Fsp3) is 0.455. The molecule has 3 aromatic rings. The van der Waals surface area contributed by atoms with Crippen LogP contribution in [0.15, 0.2) is 42.2 Å². The van der Waals surface area contributed by atoms with Crippen LogP contribution in [-0.2, 0) is 37.9 Å². The minimum Gasteiger partial charge on any atom is -0.512 e. The van der Waals surface area contributed by atoms with E-state index >= 15 is 0 Å². The maximum Gasteiger partial charge on any atom is 0.159 e. The molecule has 1 aliphatic heterocycles. The minimum atomic E-state index is 0. The number of rotatable bonds is 7. The van der Waals surface area contributed by atoms with E-state index in [2.05, 4.69) is 64.1 Å². The molecule has 4 nitrogen and oxygen atoms in total. The SMILES string of the molecule is CC(C)CC(=O)/C=C(\O)CC(C)C.Cc1[c-]c2c(c(C)c1)COc1cc3c(CC(C)C)cccc3nc1-2.[Ir]. The van der Waals surface area contributed by atoms with E-state index in [1.165, 1.54) is 28.2 Å². The fourth-order valence-electron chi connectivity index (χ4n) is 4.73. The third kappa shape index (κ3) is 8.51. The van der Waals surface area contributed by atoms with Crippen LogP contribution in [0.25, 0.3) is 22.2 Å². The minimum absolute atomic E-state index is 0. The zero-order chi connectivity index (χ0) is 27.3.